The Kier molecular flexibility index (Phi) is 3.15. The van der Waals surface area contributed by atoms with Gasteiger partial charge >= 0.3 is 0 Å². The van der Waals surface area contributed by atoms with Crippen molar-refractivity contribution in [3.05, 3.63) is 11.3 Å². The van der Waals surface area contributed by atoms with E-state index in [0.29, 0.717) is 6.04 Å². The Hall–Kier alpha value is -0.500. The van der Waals surface area contributed by atoms with Gasteiger partial charge in [0.15, 0.2) is 0 Å². The van der Waals surface area contributed by atoms with Gasteiger partial charge in [-0.15, -0.1) is 0 Å². The summed E-state index contributed by atoms with van der Waals surface area (Å²) in [5.41, 5.74) is 1.39. The highest BCUT2D eigenvalue weighted by atomic mass is 16.5. The Labute approximate surface area is 75.2 Å². The van der Waals surface area contributed by atoms with Gasteiger partial charge in [-0.25, -0.2) is 0 Å². The van der Waals surface area contributed by atoms with Gasteiger partial charge < -0.3 is 4.74 Å². The molecule has 1 heterocycles. The number of rotatable bonds is 2. The predicted octanol–water partition coefficient (Wildman–Crippen LogP) is 2.02. The second kappa shape index (κ2) is 3.94. The van der Waals surface area contributed by atoms with Crippen LogP contribution in [-0.4, -0.2) is 31.1 Å². The summed E-state index contributed by atoms with van der Waals surface area (Å²) in [6.07, 6.45) is 1.07. The third kappa shape index (κ3) is 2.01. The minimum atomic E-state index is 0.651. The van der Waals surface area contributed by atoms with Crippen LogP contribution in [0.3, 0.4) is 0 Å². The molecule has 0 aromatic heterocycles. The van der Waals surface area contributed by atoms with Crippen molar-refractivity contribution in [2.75, 3.05) is 20.2 Å². The second-order valence-electron chi connectivity index (χ2n) is 3.72. The van der Waals surface area contributed by atoms with Crippen molar-refractivity contribution in [1.29, 1.82) is 0 Å². The predicted molar refractivity (Wildman–Crippen MR) is 51.0 cm³/mol. The van der Waals surface area contributed by atoms with E-state index in [0.717, 1.165) is 19.5 Å². The first-order valence-corrected chi connectivity index (χ1v) is 4.61. The van der Waals surface area contributed by atoms with Crippen molar-refractivity contribution in [3.63, 3.8) is 0 Å². The van der Waals surface area contributed by atoms with E-state index in [-0.39, 0.29) is 0 Å². The van der Waals surface area contributed by atoms with Crippen molar-refractivity contribution in [2.45, 2.75) is 33.2 Å². The molecule has 1 aliphatic heterocycles. The zero-order valence-corrected chi connectivity index (χ0v) is 8.55. The van der Waals surface area contributed by atoms with E-state index in [1.807, 2.05) is 0 Å². The van der Waals surface area contributed by atoms with Gasteiger partial charge in [-0.3, -0.25) is 4.90 Å². The highest BCUT2D eigenvalue weighted by Gasteiger charge is 2.18. The monoisotopic (exact) mass is 169 g/mol. The molecule has 2 heteroatoms. The quantitative estimate of drug-likeness (QED) is 0.627. The first-order valence-electron chi connectivity index (χ1n) is 4.61. The summed E-state index contributed by atoms with van der Waals surface area (Å²) < 4.78 is 5.28. The van der Waals surface area contributed by atoms with Crippen LogP contribution in [0.5, 0.6) is 0 Å². The summed E-state index contributed by atoms with van der Waals surface area (Å²) in [7, 11) is 1.77. The largest absolute Gasteiger partial charge is 0.501 e. The average molecular weight is 169 g/mol. The van der Waals surface area contributed by atoms with Gasteiger partial charge in [0.25, 0.3) is 0 Å². The molecule has 0 saturated carbocycles. The smallest absolute Gasteiger partial charge is 0.0970 e. The van der Waals surface area contributed by atoms with Crippen molar-refractivity contribution in [1.82, 2.24) is 4.90 Å². The Bertz CT molecular complexity index is 184. The lowest BCUT2D eigenvalue weighted by Gasteiger charge is -2.31. The lowest BCUT2D eigenvalue weighted by atomic mass is 10.1. The lowest BCUT2D eigenvalue weighted by Crippen LogP contribution is -2.36. The van der Waals surface area contributed by atoms with Gasteiger partial charge in [-0.1, -0.05) is 0 Å². The Morgan fingerprint density at radius 1 is 1.42 bits per heavy atom. The van der Waals surface area contributed by atoms with Crippen molar-refractivity contribution in [3.8, 4) is 0 Å². The Balaban J connectivity index is 2.59. The topological polar surface area (TPSA) is 12.5 Å². The van der Waals surface area contributed by atoms with E-state index in [4.69, 9.17) is 4.74 Å². The summed E-state index contributed by atoms with van der Waals surface area (Å²) in [6, 6.07) is 0.651. The van der Waals surface area contributed by atoms with Gasteiger partial charge in [0.05, 0.1) is 12.9 Å². The lowest BCUT2D eigenvalue weighted by molar-refractivity contribution is 0.184. The Morgan fingerprint density at radius 3 is 2.50 bits per heavy atom. The SMILES string of the molecule is COC1=C(C)CN(C(C)C)CC1. The maximum absolute atomic E-state index is 5.28. The third-order valence-corrected chi connectivity index (χ3v) is 2.52. The van der Waals surface area contributed by atoms with E-state index in [1.165, 1.54) is 11.3 Å². The zero-order chi connectivity index (χ0) is 9.14. The van der Waals surface area contributed by atoms with Crippen LogP contribution >= 0.6 is 0 Å². The minimum Gasteiger partial charge on any atom is -0.501 e. The summed E-state index contributed by atoms with van der Waals surface area (Å²) in [5, 5.41) is 0. The molecule has 0 N–H and O–H groups in total. The van der Waals surface area contributed by atoms with Crippen LogP contribution in [0.25, 0.3) is 0 Å². The summed E-state index contributed by atoms with van der Waals surface area (Å²) in [5.74, 6) is 1.19. The van der Waals surface area contributed by atoms with Gasteiger partial charge in [-0.2, -0.15) is 0 Å². The minimum absolute atomic E-state index is 0.651. The van der Waals surface area contributed by atoms with Gasteiger partial charge in [0.2, 0.25) is 0 Å². The normalized spacial score (nSPS) is 20.4. The molecule has 0 aromatic rings. The maximum Gasteiger partial charge on any atom is 0.0970 e. The fourth-order valence-electron chi connectivity index (χ4n) is 1.65. The zero-order valence-electron chi connectivity index (χ0n) is 8.55. The van der Waals surface area contributed by atoms with E-state index in [9.17, 15) is 0 Å². The fraction of sp³-hybridized carbons (Fsp3) is 0.800. The van der Waals surface area contributed by atoms with Crippen molar-refractivity contribution in [2.24, 2.45) is 0 Å². The molecule has 0 bridgehead atoms. The number of nitrogens with zero attached hydrogens (tertiary/aromatic N) is 1. The van der Waals surface area contributed by atoms with Gasteiger partial charge in [0.1, 0.15) is 0 Å². The molecule has 1 aliphatic rings. The molecule has 0 fully saturated rings. The average Bonchev–Trinajstić information content (AvgIpc) is 2.04. The van der Waals surface area contributed by atoms with Crippen LogP contribution in [0.2, 0.25) is 0 Å². The standard InChI is InChI=1S/C10H19NO/c1-8(2)11-6-5-10(12-4)9(3)7-11/h8H,5-7H2,1-4H3. The molecule has 0 radical (unpaired) electrons. The van der Waals surface area contributed by atoms with Crippen LogP contribution in [0.15, 0.2) is 11.3 Å². The van der Waals surface area contributed by atoms with E-state index < -0.39 is 0 Å². The molecular formula is C10H19NO. The number of methoxy groups -OCH3 is 1. The highest BCUT2D eigenvalue weighted by molar-refractivity contribution is 5.11. The van der Waals surface area contributed by atoms with Crippen LogP contribution < -0.4 is 0 Å². The number of hydrogen-bond donors (Lipinski definition) is 0. The second-order valence-corrected chi connectivity index (χ2v) is 3.72. The number of hydrogen-bond acceptors (Lipinski definition) is 2. The maximum atomic E-state index is 5.28. The number of ether oxygens (including phenoxy) is 1. The molecule has 0 aromatic carbocycles. The first kappa shape index (κ1) is 9.59. The molecule has 2 nitrogen and oxygen atoms in total. The van der Waals surface area contributed by atoms with Crippen LogP contribution in [0, 0.1) is 0 Å². The molecule has 1 rings (SSSR count). The van der Waals surface area contributed by atoms with Crippen LogP contribution in [0.1, 0.15) is 27.2 Å². The van der Waals surface area contributed by atoms with Crippen molar-refractivity contribution < 1.29 is 4.74 Å². The van der Waals surface area contributed by atoms with E-state index in [2.05, 4.69) is 25.7 Å². The molecule has 0 saturated heterocycles. The van der Waals surface area contributed by atoms with Crippen LogP contribution in [-0.2, 0) is 4.74 Å². The van der Waals surface area contributed by atoms with Crippen molar-refractivity contribution >= 4 is 0 Å². The first-order chi connectivity index (χ1) is 5.65. The summed E-state index contributed by atoms with van der Waals surface area (Å²) >= 11 is 0. The van der Waals surface area contributed by atoms with Gasteiger partial charge in [0, 0.05) is 25.6 Å². The van der Waals surface area contributed by atoms with Gasteiger partial charge in [-0.05, 0) is 26.3 Å². The summed E-state index contributed by atoms with van der Waals surface area (Å²) in [4.78, 5) is 2.47. The molecule has 0 aliphatic carbocycles. The fourth-order valence-corrected chi connectivity index (χ4v) is 1.65. The van der Waals surface area contributed by atoms with Crippen LogP contribution in [0.4, 0.5) is 0 Å². The summed E-state index contributed by atoms with van der Waals surface area (Å²) in [6.45, 7) is 8.85. The molecule has 0 spiro atoms. The molecule has 12 heavy (non-hydrogen) atoms. The molecule has 0 amide bonds. The molecule has 70 valence electrons. The Morgan fingerprint density at radius 2 is 2.08 bits per heavy atom. The molecular weight excluding hydrogens is 150 g/mol. The highest BCUT2D eigenvalue weighted by Crippen LogP contribution is 2.19. The third-order valence-electron chi connectivity index (χ3n) is 2.52. The molecule has 0 atom stereocenters. The van der Waals surface area contributed by atoms with E-state index in [1.54, 1.807) is 7.11 Å². The van der Waals surface area contributed by atoms with E-state index >= 15 is 0 Å². The molecule has 0 unspecified atom stereocenters.